The van der Waals surface area contributed by atoms with Crippen LogP contribution in [0, 0.1) is 12.7 Å². The average molecular weight is 282 g/mol. The number of ether oxygens (including phenoxy) is 1. The molecule has 0 N–H and O–H groups in total. The van der Waals surface area contributed by atoms with Crippen LogP contribution in [0.5, 0.6) is 5.75 Å². The van der Waals surface area contributed by atoms with Crippen LogP contribution in [0.4, 0.5) is 4.39 Å². The number of methoxy groups -OCH3 is 1. The summed E-state index contributed by atoms with van der Waals surface area (Å²) in [7, 11) is 1.64. The van der Waals surface area contributed by atoms with E-state index in [0.717, 1.165) is 28.4 Å². The third kappa shape index (κ3) is 2.65. The Hall–Kier alpha value is -2.62. The molecule has 0 atom stereocenters. The lowest BCUT2D eigenvalue weighted by molar-refractivity contribution is 0.415. The third-order valence-corrected chi connectivity index (χ3v) is 3.29. The molecule has 0 aliphatic carbocycles. The lowest BCUT2D eigenvalue weighted by atomic mass is 10.1. The molecule has 106 valence electrons. The highest BCUT2D eigenvalue weighted by atomic mass is 19.1. The van der Waals surface area contributed by atoms with Gasteiger partial charge in [-0.1, -0.05) is 0 Å². The van der Waals surface area contributed by atoms with Crippen LogP contribution in [0.25, 0.3) is 16.9 Å². The molecule has 3 aromatic rings. The van der Waals surface area contributed by atoms with Gasteiger partial charge in [0.05, 0.1) is 24.2 Å². The summed E-state index contributed by atoms with van der Waals surface area (Å²) in [4.78, 5) is 0. The number of hydrogen-bond donors (Lipinski definition) is 0. The molecule has 1 aromatic heterocycles. The largest absolute Gasteiger partial charge is 0.497 e. The summed E-state index contributed by atoms with van der Waals surface area (Å²) in [6.07, 6.45) is 0. The van der Waals surface area contributed by atoms with Crippen LogP contribution in [0.2, 0.25) is 0 Å². The van der Waals surface area contributed by atoms with Gasteiger partial charge >= 0.3 is 0 Å². The molecule has 0 radical (unpaired) electrons. The van der Waals surface area contributed by atoms with E-state index in [1.165, 1.54) is 12.1 Å². The lowest BCUT2D eigenvalue weighted by Gasteiger charge is -2.08. The molecular formula is C17H15FN2O. The van der Waals surface area contributed by atoms with Crippen molar-refractivity contribution in [3.63, 3.8) is 0 Å². The van der Waals surface area contributed by atoms with Crippen LogP contribution in [0.3, 0.4) is 0 Å². The monoisotopic (exact) mass is 282 g/mol. The topological polar surface area (TPSA) is 27.1 Å². The molecule has 0 amide bonds. The number of halogens is 1. The van der Waals surface area contributed by atoms with E-state index >= 15 is 0 Å². The van der Waals surface area contributed by atoms with Gasteiger partial charge in [-0.2, -0.15) is 5.10 Å². The Morgan fingerprint density at radius 2 is 1.67 bits per heavy atom. The van der Waals surface area contributed by atoms with Gasteiger partial charge in [-0.15, -0.1) is 0 Å². The Morgan fingerprint density at radius 3 is 2.29 bits per heavy atom. The van der Waals surface area contributed by atoms with Gasteiger partial charge in [0.2, 0.25) is 0 Å². The quantitative estimate of drug-likeness (QED) is 0.726. The summed E-state index contributed by atoms with van der Waals surface area (Å²) in [5.41, 5.74) is 3.72. The number of nitrogens with zero attached hydrogens (tertiary/aromatic N) is 2. The number of benzene rings is 2. The summed E-state index contributed by atoms with van der Waals surface area (Å²) in [5, 5.41) is 4.49. The van der Waals surface area contributed by atoms with Crippen molar-refractivity contribution >= 4 is 0 Å². The van der Waals surface area contributed by atoms with E-state index < -0.39 is 0 Å². The molecule has 0 fully saturated rings. The van der Waals surface area contributed by atoms with Gasteiger partial charge in [0, 0.05) is 5.56 Å². The Balaban J connectivity index is 2.08. The van der Waals surface area contributed by atoms with E-state index in [9.17, 15) is 4.39 Å². The van der Waals surface area contributed by atoms with Crippen molar-refractivity contribution in [3.8, 4) is 22.7 Å². The van der Waals surface area contributed by atoms with Crippen molar-refractivity contribution in [2.45, 2.75) is 6.92 Å². The summed E-state index contributed by atoms with van der Waals surface area (Å²) in [6, 6.07) is 16.1. The molecule has 0 bridgehead atoms. The molecular weight excluding hydrogens is 267 g/mol. The highest BCUT2D eigenvalue weighted by molar-refractivity contribution is 5.63. The van der Waals surface area contributed by atoms with Gasteiger partial charge in [-0.25, -0.2) is 9.07 Å². The number of hydrogen-bond acceptors (Lipinski definition) is 2. The molecule has 0 unspecified atom stereocenters. The molecule has 0 saturated heterocycles. The molecule has 21 heavy (non-hydrogen) atoms. The van der Waals surface area contributed by atoms with Crippen LogP contribution in [0.1, 0.15) is 5.69 Å². The minimum Gasteiger partial charge on any atom is -0.497 e. The molecule has 0 aliphatic rings. The first kappa shape index (κ1) is 13.4. The average Bonchev–Trinajstić information content (AvgIpc) is 2.90. The fourth-order valence-corrected chi connectivity index (χ4v) is 2.25. The molecule has 4 heteroatoms. The van der Waals surface area contributed by atoms with Crippen molar-refractivity contribution in [1.29, 1.82) is 0 Å². The summed E-state index contributed by atoms with van der Waals surface area (Å²) < 4.78 is 20.1. The van der Waals surface area contributed by atoms with Gasteiger partial charge in [-0.3, -0.25) is 0 Å². The van der Waals surface area contributed by atoms with Crippen molar-refractivity contribution < 1.29 is 9.13 Å². The molecule has 1 heterocycles. The van der Waals surface area contributed by atoms with E-state index in [-0.39, 0.29) is 5.82 Å². The summed E-state index contributed by atoms with van der Waals surface area (Å²) in [5.74, 6) is 0.553. The predicted molar refractivity (Wildman–Crippen MR) is 80.2 cm³/mol. The number of aromatic nitrogens is 2. The molecule has 0 aliphatic heterocycles. The fourth-order valence-electron chi connectivity index (χ4n) is 2.25. The maximum atomic E-state index is 13.1. The smallest absolute Gasteiger partial charge is 0.123 e. The van der Waals surface area contributed by atoms with E-state index in [1.807, 2.05) is 41.9 Å². The van der Waals surface area contributed by atoms with E-state index in [0.29, 0.717) is 0 Å². The normalized spacial score (nSPS) is 10.6. The Bertz CT molecular complexity index is 745. The molecule has 0 saturated carbocycles. The van der Waals surface area contributed by atoms with Crippen LogP contribution in [-0.2, 0) is 0 Å². The zero-order valence-electron chi connectivity index (χ0n) is 11.9. The van der Waals surface area contributed by atoms with Crippen molar-refractivity contribution in [2.75, 3.05) is 7.11 Å². The van der Waals surface area contributed by atoms with E-state index in [4.69, 9.17) is 4.74 Å². The molecule has 2 aromatic carbocycles. The van der Waals surface area contributed by atoms with Gasteiger partial charge in [-0.05, 0) is 61.5 Å². The van der Waals surface area contributed by atoms with Crippen molar-refractivity contribution in [1.82, 2.24) is 9.78 Å². The standard InChI is InChI=1S/C17H15FN2O/c1-12-11-17(13-3-9-16(21-2)10-4-13)20(19-12)15-7-5-14(18)6-8-15/h3-11H,1-2H3. The first-order valence-electron chi connectivity index (χ1n) is 6.64. The minimum absolute atomic E-state index is 0.256. The highest BCUT2D eigenvalue weighted by Crippen LogP contribution is 2.25. The van der Waals surface area contributed by atoms with Crippen molar-refractivity contribution in [3.05, 3.63) is 66.1 Å². The second-order valence-electron chi connectivity index (χ2n) is 4.79. The molecule has 3 nitrogen and oxygen atoms in total. The van der Waals surface area contributed by atoms with Crippen LogP contribution < -0.4 is 4.74 Å². The Kier molecular flexibility index (Phi) is 3.44. The minimum atomic E-state index is -0.256. The van der Waals surface area contributed by atoms with Crippen LogP contribution in [-0.4, -0.2) is 16.9 Å². The van der Waals surface area contributed by atoms with E-state index in [2.05, 4.69) is 5.10 Å². The first-order chi connectivity index (χ1) is 10.2. The second kappa shape index (κ2) is 5.40. The van der Waals surface area contributed by atoms with Crippen LogP contribution in [0.15, 0.2) is 54.6 Å². The van der Waals surface area contributed by atoms with E-state index in [1.54, 1.807) is 19.2 Å². The fraction of sp³-hybridized carbons (Fsp3) is 0.118. The Labute approximate surface area is 122 Å². The SMILES string of the molecule is COc1ccc(-c2cc(C)nn2-c2ccc(F)cc2)cc1. The van der Waals surface area contributed by atoms with Gasteiger partial charge in [0.25, 0.3) is 0 Å². The maximum Gasteiger partial charge on any atom is 0.123 e. The third-order valence-electron chi connectivity index (χ3n) is 3.29. The second-order valence-corrected chi connectivity index (χ2v) is 4.79. The maximum absolute atomic E-state index is 13.1. The zero-order valence-corrected chi connectivity index (χ0v) is 11.9. The summed E-state index contributed by atoms with van der Waals surface area (Å²) in [6.45, 7) is 1.94. The highest BCUT2D eigenvalue weighted by Gasteiger charge is 2.10. The predicted octanol–water partition coefficient (Wildman–Crippen LogP) is 4.00. The number of aryl methyl sites for hydroxylation is 1. The summed E-state index contributed by atoms with van der Waals surface area (Å²) >= 11 is 0. The van der Waals surface area contributed by atoms with Gasteiger partial charge in [0.15, 0.2) is 0 Å². The molecule has 0 spiro atoms. The van der Waals surface area contributed by atoms with Crippen LogP contribution >= 0.6 is 0 Å². The first-order valence-corrected chi connectivity index (χ1v) is 6.64. The lowest BCUT2D eigenvalue weighted by Crippen LogP contribution is -1.99. The van der Waals surface area contributed by atoms with Gasteiger partial charge < -0.3 is 4.74 Å². The number of rotatable bonds is 3. The molecule has 3 rings (SSSR count). The van der Waals surface area contributed by atoms with Crippen molar-refractivity contribution in [2.24, 2.45) is 0 Å². The van der Waals surface area contributed by atoms with Gasteiger partial charge in [0.1, 0.15) is 11.6 Å². The zero-order chi connectivity index (χ0) is 14.8. The Morgan fingerprint density at radius 1 is 1.00 bits per heavy atom.